The number of nitro groups is 1. The molecule has 2 atom stereocenters. The van der Waals surface area contributed by atoms with Gasteiger partial charge in [-0.25, -0.2) is 13.2 Å². The Bertz CT molecular complexity index is 802. The summed E-state index contributed by atoms with van der Waals surface area (Å²) in [5.74, 6) is -0.941. The number of ether oxygens (including phenoxy) is 2. The van der Waals surface area contributed by atoms with Crippen molar-refractivity contribution >= 4 is 27.4 Å². The Morgan fingerprint density at radius 3 is 2.56 bits per heavy atom. The highest BCUT2D eigenvalue weighted by Crippen LogP contribution is 2.23. The number of methoxy groups -OCH3 is 1. The molecule has 0 aliphatic carbocycles. The standard InChI is InChI=1S/C16H23N3O7S/c1-11-9-18(10-12(2)26-11)27(23,24)7-6-17-15-5-4-13(19(21)22)8-14(15)16(20)25-3/h4-5,8,11-12,17H,6-7,9-10H2,1-3H3/t11-,12+. The van der Waals surface area contributed by atoms with Crippen molar-refractivity contribution in [1.29, 1.82) is 0 Å². The predicted molar refractivity (Wildman–Crippen MR) is 98.3 cm³/mol. The maximum atomic E-state index is 12.5. The third-order valence-electron chi connectivity index (χ3n) is 4.07. The number of morpholine rings is 1. The Morgan fingerprint density at radius 1 is 1.37 bits per heavy atom. The molecule has 1 aliphatic heterocycles. The van der Waals surface area contributed by atoms with Gasteiger partial charge in [-0.3, -0.25) is 10.1 Å². The van der Waals surface area contributed by atoms with Gasteiger partial charge in [-0.2, -0.15) is 4.31 Å². The number of hydrogen-bond acceptors (Lipinski definition) is 8. The highest BCUT2D eigenvalue weighted by molar-refractivity contribution is 7.89. The number of sulfonamides is 1. The third-order valence-corrected chi connectivity index (χ3v) is 5.88. The van der Waals surface area contributed by atoms with E-state index in [2.05, 4.69) is 10.1 Å². The van der Waals surface area contributed by atoms with E-state index < -0.39 is 20.9 Å². The molecule has 0 aromatic heterocycles. The summed E-state index contributed by atoms with van der Waals surface area (Å²) >= 11 is 0. The van der Waals surface area contributed by atoms with E-state index in [1.165, 1.54) is 16.4 Å². The van der Waals surface area contributed by atoms with Gasteiger partial charge in [0.1, 0.15) is 0 Å². The second kappa shape index (κ2) is 8.63. The molecule has 1 saturated heterocycles. The zero-order valence-electron chi connectivity index (χ0n) is 15.4. The number of carbonyl (C=O) groups excluding carboxylic acids is 1. The number of hydrogen-bond donors (Lipinski definition) is 1. The van der Waals surface area contributed by atoms with E-state index in [-0.39, 0.29) is 54.5 Å². The molecule has 0 spiro atoms. The first-order chi connectivity index (χ1) is 12.6. The zero-order valence-corrected chi connectivity index (χ0v) is 16.2. The molecule has 0 unspecified atom stereocenters. The van der Waals surface area contributed by atoms with Crippen LogP contribution in [-0.2, 0) is 19.5 Å². The Morgan fingerprint density at radius 2 is 2.00 bits per heavy atom. The number of anilines is 1. The average molecular weight is 401 g/mol. The molecule has 0 saturated carbocycles. The smallest absolute Gasteiger partial charge is 0.340 e. The summed E-state index contributed by atoms with van der Waals surface area (Å²) in [6, 6.07) is 3.68. The van der Waals surface area contributed by atoms with Crippen LogP contribution >= 0.6 is 0 Å². The number of rotatable bonds is 7. The largest absolute Gasteiger partial charge is 0.465 e. The van der Waals surface area contributed by atoms with Gasteiger partial charge in [-0.1, -0.05) is 0 Å². The van der Waals surface area contributed by atoms with Crippen LogP contribution in [0.4, 0.5) is 11.4 Å². The van der Waals surface area contributed by atoms with E-state index in [1.54, 1.807) is 0 Å². The van der Waals surface area contributed by atoms with E-state index in [4.69, 9.17) is 4.74 Å². The second-order valence-electron chi connectivity index (χ2n) is 6.30. The minimum atomic E-state index is -3.51. The summed E-state index contributed by atoms with van der Waals surface area (Å²) in [6.07, 6.45) is -0.367. The van der Waals surface area contributed by atoms with Gasteiger partial charge in [0.25, 0.3) is 5.69 Å². The second-order valence-corrected chi connectivity index (χ2v) is 8.38. The fraction of sp³-hybridized carbons (Fsp3) is 0.562. The molecule has 1 N–H and O–H groups in total. The van der Waals surface area contributed by atoms with Gasteiger partial charge >= 0.3 is 5.97 Å². The molecule has 0 bridgehead atoms. The van der Waals surface area contributed by atoms with Crippen molar-refractivity contribution < 1.29 is 27.6 Å². The lowest BCUT2D eigenvalue weighted by molar-refractivity contribution is -0.384. The number of nitro benzene ring substituents is 1. The Hall–Kier alpha value is -2.24. The molecule has 0 radical (unpaired) electrons. The molecule has 2 rings (SSSR count). The molecular formula is C16H23N3O7S. The van der Waals surface area contributed by atoms with Gasteiger partial charge in [-0.05, 0) is 19.9 Å². The molecule has 1 aliphatic rings. The summed E-state index contributed by atoms with van der Waals surface area (Å²) in [5, 5.41) is 13.7. The Labute approximate surface area is 157 Å². The first-order valence-electron chi connectivity index (χ1n) is 8.38. The average Bonchev–Trinajstić information content (AvgIpc) is 2.60. The SMILES string of the molecule is COC(=O)c1cc([N+](=O)[O-])ccc1NCCS(=O)(=O)N1C[C@@H](C)O[C@@H](C)C1. The molecule has 150 valence electrons. The minimum Gasteiger partial charge on any atom is -0.465 e. The van der Waals surface area contributed by atoms with Crippen LogP contribution in [0.1, 0.15) is 24.2 Å². The van der Waals surface area contributed by atoms with Crippen molar-refractivity contribution in [3.63, 3.8) is 0 Å². The van der Waals surface area contributed by atoms with Crippen LogP contribution in [0.3, 0.4) is 0 Å². The molecule has 11 heteroatoms. The number of carbonyl (C=O) groups is 1. The Balaban J connectivity index is 2.07. The minimum absolute atomic E-state index is 0.0299. The lowest BCUT2D eigenvalue weighted by Crippen LogP contribution is -2.49. The van der Waals surface area contributed by atoms with E-state index in [0.717, 1.165) is 13.2 Å². The summed E-state index contributed by atoms with van der Waals surface area (Å²) in [6.45, 7) is 4.24. The molecular weight excluding hydrogens is 378 g/mol. The third kappa shape index (κ3) is 5.37. The number of nitrogens with zero attached hydrogens (tertiary/aromatic N) is 2. The van der Waals surface area contributed by atoms with Crippen LogP contribution in [0.25, 0.3) is 0 Å². The van der Waals surface area contributed by atoms with E-state index in [9.17, 15) is 23.3 Å². The van der Waals surface area contributed by atoms with Gasteiger partial charge in [0.05, 0.1) is 35.6 Å². The number of benzene rings is 1. The van der Waals surface area contributed by atoms with E-state index in [0.29, 0.717) is 0 Å². The lowest BCUT2D eigenvalue weighted by Gasteiger charge is -2.34. The van der Waals surface area contributed by atoms with Gasteiger partial charge in [0.15, 0.2) is 0 Å². The molecule has 27 heavy (non-hydrogen) atoms. The van der Waals surface area contributed by atoms with Crippen molar-refractivity contribution in [2.24, 2.45) is 0 Å². The zero-order chi connectivity index (χ0) is 20.2. The van der Waals surface area contributed by atoms with Crippen LogP contribution < -0.4 is 5.32 Å². The van der Waals surface area contributed by atoms with Gasteiger partial charge in [-0.15, -0.1) is 0 Å². The van der Waals surface area contributed by atoms with Gasteiger partial charge in [0.2, 0.25) is 10.0 Å². The topological polar surface area (TPSA) is 128 Å². The summed E-state index contributed by atoms with van der Waals surface area (Å²) in [4.78, 5) is 22.1. The maximum absolute atomic E-state index is 12.5. The quantitative estimate of drug-likeness (QED) is 0.410. The monoisotopic (exact) mass is 401 g/mol. The summed E-state index contributed by atoms with van der Waals surface area (Å²) in [7, 11) is -2.35. The predicted octanol–water partition coefficient (Wildman–Crippen LogP) is 1.23. The van der Waals surface area contributed by atoms with Gasteiger partial charge in [0, 0.05) is 37.5 Å². The van der Waals surface area contributed by atoms with E-state index >= 15 is 0 Å². The molecule has 1 fully saturated rings. The fourth-order valence-corrected chi connectivity index (χ4v) is 4.37. The van der Waals surface area contributed by atoms with Crippen molar-refractivity contribution in [2.45, 2.75) is 26.1 Å². The van der Waals surface area contributed by atoms with Crippen molar-refractivity contribution in [1.82, 2.24) is 4.31 Å². The van der Waals surface area contributed by atoms with Crippen molar-refractivity contribution in [2.75, 3.05) is 37.8 Å². The molecule has 1 aromatic carbocycles. The molecule has 10 nitrogen and oxygen atoms in total. The highest BCUT2D eigenvalue weighted by atomic mass is 32.2. The molecule has 1 heterocycles. The Kier molecular flexibility index (Phi) is 6.73. The maximum Gasteiger partial charge on any atom is 0.340 e. The van der Waals surface area contributed by atoms with Gasteiger partial charge < -0.3 is 14.8 Å². The van der Waals surface area contributed by atoms with Crippen LogP contribution in [-0.4, -0.2) is 68.3 Å². The molecule has 0 amide bonds. The van der Waals surface area contributed by atoms with Crippen molar-refractivity contribution in [3.8, 4) is 0 Å². The molecule has 1 aromatic rings. The van der Waals surface area contributed by atoms with Crippen LogP contribution in [0.2, 0.25) is 0 Å². The van der Waals surface area contributed by atoms with Crippen molar-refractivity contribution in [3.05, 3.63) is 33.9 Å². The van der Waals surface area contributed by atoms with Crippen LogP contribution in [0.5, 0.6) is 0 Å². The fourth-order valence-electron chi connectivity index (χ4n) is 2.88. The summed E-state index contributed by atoms with van der Waals surface area (Å²) in [5.41, 5.74) is -0.0195. The first-order valence-corrected chi connectivity index (χ1v) is 9.99. The number of non-ortho nitro benzene ring substituents is 1. The number of nitrogens with one attached hydrogen (secondary N) is 1. The summed E-state index contributed by atoms with van der Waals surface area (Å²) < 4.78 is 36.6. The first kappa shape index (κ1) is 21.1. The number of esters is 1. The lowest BCUT2D eigenvalue weighted by atomic mass is 10.1. The normalized spacial score (nSPS) is 20.9. The van der Waals surface area contributed by atoms with E-state index in [1.807, 2.05) is 13.8 Å². The highest BCUT2D eigenvalue weighted by Gasteiger charge is 2.30. The van der Waals surface area contributed by atoms with Crippen LogP contribution in [0.15, 0.2) is 18.2 Å². The van der Waals surface area contributed by atoms with Crippen LogP contribution in [0, 0.1) is 10.1 Å².